The summed E-state index contributed by atoms with van der Waals surface area (Å²) in [4.78, 5) is 12.2. The van der Waals surface area contributed by atoms with Crippen molar-refractivity contribution in [1.82, 2.24) is 0 Å². The van der Waals surface area contributed by atoms with Crippen LogP contribution in [-0.2, 0) is 11.2 Å². The molecule has 0 saturated carbocycles. The molecule has 0 fully saturated rings. The zero-order valence-corrected chi connectivity index (χ0v) is 13.3. The molecule has 2 aromatic carbocycles. The van der Waals surface area contributed by atoms with Gasteiger partial charge in [0.05, 0.1) is 21.3 Å². The lowest BCUT2D eigenvalue weighted by molar-refractivity contribution is 0.0385. The second-order valence-electron chi connectivity index (χ2n) is 5.24. The second-order valence-corrected chi connectivity index (χ2v) is 5.24. The van der Waals surface area contributed by atoms with Crippen LogP contribution in [0.4, 0.5) is 0 Å². The van der Waals surface area contributed by atoms with Gasteiger partial charge in [-0.15, -0.1) is 0 Å². The van der Waals surface area contributed by atoms with Gasteiger partial charge in [0.15, 0.2) is 0 Å². The number of esters is 1. The number of rotatable bonds is 5. The van der Waals surface area contributed by atoms with Crippen molar-refractivity contribution < 1.29 is 23.7 Å². The molecule has 120 valence electrons. The summed E-state index contributed by atoms with van der Waals surface area (Å²) in [6.07, 6.45) is 0.230. The Bertz CT molecular complexity index is 721. The van der Waals surface area contributed by atoms with E-state index in [0.29, 0.717) is 23.5 Å². The molecule has 2 aromatic rings. The Kier molecular flexibility index (Phi) is 4.10. The third-order valence-corrected chi connectivity index (χ3v) is 3.94. The molecule has 0 amide bonds. The summed E-state index contributed by atoms with van der Waals surface area (Å²) < 4.78 is 21.3. The van der Waals surface area contributed by atoms with Crippen molar-refractivity contribution in [3.05, 3.63) is 53.1 Å². The highest BCUT2D eigenvalue weighted by Crippen LogP contribution is 2.41. The fourth-order valence-corrected chi connectivity index (χ4v) is 2.74. The van der Waals surface area contributed by atoms with Crippen LogP contribution in [0.15, 0.2) is 36.4 Å². The van der Waals surface area contributed by atoms with E-state index in [4.69, 9.17) is 18.9 Å². The summed E-state index contributed by atoms with van der Waals surface area (Å²) in [6.45, 7) is 0. The minimum absolute atomic E-state index is 0.352. The van der Waals surface area contributed by atoms with Gasteiger partial charge in [-0.3, -0.25) is 0 Å². The van der Waals surface area contributed by atoms with Crippen LogP contribution in [0.5, 0.6) is 17.2 Å². The van der Waals surface area contributed by atoms with Crippen LogP contribution in [0.2, 0.25) is 0 Å². The van der Waals surface area contributed by atoms with Crippen molar-refractivity contribution >= 4 is 5.97 Å². The topological polar surface area (TPSA) is 54.0 Å². The minimum atomic E-state index is -0.363. The number of carbonyl (C=O) groups is 1. The number of methoxy groups -OCH3 is 3. The van der Waals surface area contributed by atoms with E-state index in [2.05, 4.69) is 0 Å². The van der Waals surface area contributed by atoms with Crippen LogP contribution in [-0.4, -0.2) is 27.3 Å². The maximum atomic E-state index is 12.2. The van der Waals surface area contributed by atoms with Gasteiger partial charge in [-0.25, -0.2) is 4.79 Å². The number of carbonyl (C=O) groups excluding carboxylic acids is 1. The number of fused-ring (bicyclic) bond motifs is 1. The molecular formula is C18H18O5. The Morgan fingerprint density at radius 3 is 2.26 bits per heavy atom. The minimum Gasteiger partial charge on any atom is -0.497 e. The first-order chi connectivity index (χ1) is 11.2. The molecule has 1 aliphatic heterocycles. The fourth-order valence-electron chi connectivity index (χ4n) is 2.74. The molecule has 0 radical (unpaired) electrons. The first-order valence-corrected chi connectivity index (χ1v) is 7.26. The predicted molar refractivity (Wildman–Crippen MR) is 84.4 cm³/mol. The summed E-state index contributed by atoms with van der Waals surface area (Å²) in [7, 11) is 4.74. The van der Waals surface area contributed by atoms with Crippen molar-refractivity contribution in [3.63, 3.8) is 0 Å². The van der Waals surface area contributed by atoms with E-state index in [1.165, 1.54) is 7.11 Å². The largest absolute Gasteiger partial charge is 0.497 e. The van der Waals surface area contributed by atoms with Crippen molar-refractivity contribution in [1.29, 1.82) is 0 Å². The summed E-state index contributed by atoms with van der Waals surface area (Å²) >= 11 is 0. The zero-order chi connectivity index (χ0) is 16.4. The lowest BCUT2D eigenvalue weighted by atomic mass is 9.98. The molecule has 23 heavy (non-hydrogen) atoms. The van der Waals surface area contributed by atoms with E-state index >= 15 is 0 Å². The molecule has 0 saturated heterocycles. The number of hydrogen-bond acceptors (Lipinski definition) is 5. The Morgan fingerprint density at radius 1 is 0.957 bits per heavy atom. The van der Waals surface area contributed by atoms with Crippen LogP contribution < -0.4 is 14.2 Å². The SMILES string of the molecule is COc1ccc(C[C@H]2OC(=O)c3c(OC)cc(OC)cc32)cc1. The normalized spacial score (nSPS) is 15.8. The Labute approximate surface area is 134 Å². The summed E-state index contributed by atoms with van der Waals surface area (Å²) in [5.41, 5.74) is 2.33. The van der Waals surface area contributed by atoms with Crippen LogP contribution in [0.3, 0.4) is 0 Å². The van der Waals surface area contributed by atoms with Crippen molar-refractivity contribution in [2.45, 2.75) is 12.5 Å². The predicted octanol–water partition coefficient (Wildman–Crippen LogP) is 3.17. The lowest BCUT2D eigenvalue weighted by Crippen LogP contribution is -2.02. The second kappa shape index (κ2) is 6.20. The van der Waals surface area contributed by atoms with Gasteiger partial charge >= 0.3 is 5.97 Å². The Balaban J connectivity index is 1.93. The van der Waals surface area contributed by atoms with Gasteiger partial charge in [-0.2, -0.15) is 0 Å². The molecule has 0 unspecified atom stereocenters. The molecule has 3 rings (SSSR count). The molecule has 0 aliphatic carbocycles. The van der Waals surface area contributed by atoms with Gasteiger partial charge in [0, 0.05) is 18.1 Å². The van der Waals surface area contributed by atoms with Crippen molar-refractivity contribution in [3.8, 4) is 17.2 Å². The molecule has 1 atom stereocenters. The van der Waals surface area contributed by atoms with Crippen molar-refractivity contribution in [2.75, 3.05) is 21.3 Å². The molecule has 1 heterocycles. The lowest BCUT2D eigenvalue weighted by Gasteiger charge is -2.12. The molecule has 5 heteroatoms. The number of ether oxygens (including phenoxy) is 4. The standard InChI is InChI=1S/C18H18O5/c1-20-12-6-4-11(5-7-12)8-15-14-9-13(21-2)10-16(22-3)17(14)18(19)23-15/h4-7,9-10,15H,8H2,1-3H3/t15-/m1/s1. The van der Waals surface area contributed by atoms with Crippen LogP contribution in [0.1, 0.15) is 27.6 Å². The van der Waals surface area contributed by atoms with E-state index in [0.717, 1.165) is 16.9 Å². The third-order valence-electron chi connectivity index (χ3n) is 3.94. The van der Waals surface area contributed by atoms with Gasteiger partial charge in [-0.05, 0) is 23.8 Å². The molecule has 0 N–H and O–H groups in total. The number of cyclic esters (lactones) is 1. The van der Waals surface area contributed by atoms with E-state index < -0.39 is 0 Å². The molecule has 5 nitrogen and oxygen atoms in total. The molecule has 1 aliphatic rings. The van der Waals surface area contributed by atoms with Gasteiger partial charge in [0.2, 0.25) is 0 Å². The van der Waals surface area contributed by atoms with Crippen LogP contribution in [0.25, 0.3) is 0 Å². The monoisotopic (exact) mass is 314 g/mol. The maximum absolute atomic E-state index is 12.2. The van der Waals surface area contributed by atoms with E-state index in [1.54, 1.807) is 20.3 Å². The quantitative estimate of drug-likeness (QED) is 0.794. The Morgan fingerprint density at radius 2 is 1.65 bits per heavy atom. The highest BCUT2D eigenvalue weighted by Gasteiger charge is 2.35. The number of hydrogen-bond donors (Lipinski definition) is 0. The molecular weight excluding hydrogens is 296 g/mol. The van der Waals surface area contributed by atoms with Gasteiger partial charge in [-0.1, -0.05) is 12.1 Å². The highest BCUT2D eigenvalue weighted by molar-refractivity contribution is 5.97. The van der Waals surface area contributed by atoms with E-state index in [-0.39, 0.29) is 12.1 Å². The molecule has 0 bridgehead atoms. The van der Waals surface area contributed by atoms with Gasteiger partial charge < -0.3 is 18.9 Å². The van der Waals surface area contributed by atoms with Gasteiger partial charge in [0.1, 0.15) is 28.9 Å². The first-order valence-electron chi connectivity index (χ1n) is 7.26. The fraction of sp³-hybridized carbons (Fsp3) is 0.278. The molecule has 0 spiro atoms. The van der Waals surface area contributed by atoms with E-state index in [9.17, 15) is 4.79 Å². The zero-order valence-electron chi connectivity index (χ0n) is 13.3. The highest BCUT2D eigenvalue weighted by atomic mass is 16.6. The summed E-state index contributed by atoms with van der Waals surface area (Å²) in [5.74, 6) is 1.54. The number of benzene rings is 2. The van der Waals surface area contributed by atoms with Crippen LogP contribution >= 0.6 is 0 Å². The Hall–Kier alpha value is -2.69. The van der Waals surface area contributed by atoms with Gasteiger partial charge in [0.25, 0.3) is 0 Å². The average molecular weight is 314 g/mol. The maximum Gasteiger partial charge on any atom is 0.342 e. The summed E-state index contributed by atoms with van der Waals surface area (Å²) in [5, 5.41) is 0. The average Bonchev–Trinajstić information content (AvgIpc) is 2.90. The first kappa shape index (κ1) is 15.2. The van der Waals surface area contributed by atoms with E-state index in [1.807, 2.05) is 30.3 Å². The third kappa shape index (κ3) is 2.82. The molecule has 0 aromatic heterocycles. The van der Waals surface area contributed by atoms with Crippen molar-refractivity contribution in [2.24, 2.45) is 0 Å². The summed E-state index contributed by atoms with van der Waals surface area (Å²) in [6, 6.07) is 11.2. The van der Waals surface area contributed by atoms with Crippen LogP contribution in [0, 0.1) is 0 Å². The smallest absolute Gasteiger partial charge is 0.342 e.